The summed E-state index contributed by atoms with van der Waals surface area (Å²) in [5.74, 6) is 0.311. The molecule has 0 spiro atoms. The fraction of sp³-hybridized carbons (Fsp3) is 0.417. The molecule has 5 nitrogen and oxygen atoms in total. The molecule has 0 aromatic heterocycles. The molecule has 1 N–H and O–H groups in total. The van der Waals surface area contributed by atoms with Crippen LogP contribution in [0.4, 0.5) is 0 Å². The fourth-order valence-electron chi connectivity index (χ4n) is 3.13. The van der Waals surface area contributed by atoms with Crippen LogP contribution in [0, 0.1) is 20.8 Å². The van der Waals surface area contributed by atoms with Crippen molar-refractivity contribution in [3.05, 3.63) is 64.7 Å². The average Bonchev–Trinajstić information content (AvgIpc) is 2.70. The molecule has 0 heterocycles. The number of aryl methyl sites for hydroxylation is 3. The first-order valence-electron chi connectivity index (χ1n) is 10.2. The summed E-state index contributed by atoms with van der Waals surface area (Å²) in [4.78, 5) is 27.3. The highest BCUT2D eigenvalue weighted by atomic mass is 16.5. The molecule has 0 saturated carbocycles. The van der Waals surface area contributed by atoms with Crippen molar-refractivity contribution in [3.63, 3.8) is 0 Å². The molecular formula is C24H32N2O3. The predicted octanol–water partition coefficient (Wildman–Crippen LogP) is 3.93. The minimum absolute atomic E-state index is 0.107. The normalized spacial score (nSPS) is 11.6. The Morgan fingerprint density at radius 2 is 1.69 bits per heavy atom. The van der Waals surface area contributed by atoms with E-state index in [0.29, 0.717) is 25.3 Å². The number of nitrogens with one attached hydrogen (secondary N) is 1. The van der Waals surface area contributed by atoms with E-state index in [1.54, 1.807) is 4.90 Å². The molecule has 29 heavy (non-hydrogen) atoms. The van der Waals surface area contributed by atoms with Crippen LogP contribution in [-0.2, 0) is 16.1 Å². The third-order valence-corrected chi connectivity index (χ3v) is 5.05. The summed E-state index contributed by atoms with van der Waals surface area (Å²) < 4.78 is 5.75. The van der Waals surface area contributed by atoms with Crippen molar-refractivity contribution in [1.82, 2.24) is 10.2 Å². The Morgan fingerprint density at radius 3 is 2.28 bits per heavy atom. The van der Waals surface area contributed by atoms with E-state index in [9.17, 15) is 9.59 Å². The first-order valence-corrected chi connectivity index (χ1v) is 10.2. The number of hydrogen-bond acceptors (Lipinski definition) is 3. The molecule has 5 heteroatoms. The number of carbonyl (C=O) groups is 2. The summed E-state index contributed by atoms with van der Waals surface area (Å²) in [6, 6.07) is 13.2. The first kappa shape index (κ1) is 22.5. The van der Waals surface area contributed by atoms with E-state index in [0.717, 1.165) is 16.7 Å². The van der Waals surface area contributed by atoms with Crippen LogP contribution in [0.15, 0.2) is 42.5 Å². The fourth-order valence-corrected chi connectivity index (χ4v) is 3.13. The van der Waals surface area contributed by atoms with Gasteiger partial charge in [-0.15, -0.1) is 0 Å². The quantitative estimate of drug-likeness (QED) is 0.699. The van der Waals surface area contributed by atoms with Crippen LogP contribution in [0.1, 0.15) is 42.5 Å². The number of amides is 2. The van der Waals surface area contributed by atoms with Gasteiger partial charge in [0.25, 0.3) is 5.91 Å². The largest absolute Gasteiger partial charge is 0.484 e. The van der Waals surface area contributed by atoms with E-state index in [1.807, 2.05) is 77.1 Å². The number of carbonyl (C=O) groups excluding carboxylic acids is 2. The van der Waals surface area contributed by atoms with Crippen LogP contribution >= 0.6 is 0 Å². The number of likely N-dealkylation sites (N-methyl/N-ethyl adjacent to an activating group) is 1. The summed E-state index contributed by atoms with van der Waals surface area (Å²) in [6.07, 6.45) is 0.535. The Balaban J connectivity index is 2.19. The third-order valence-electron chi connectivity index (χ3n) is 5.05. The Bertz CT molecular complexity index is 831. The number of hydrogen-bond donors (Lipinski definition) is 1. The van der Waals surface area contributed by atoms with Crippen LogP contribution in [0.2, 0.25) is 0 Å². The van der Waals surface area contributed by atoms with Crippen molar-refractivity contribution in [2.24, 2.45) is 0 Å². The lowest BCUT2D eigenvalue weighted by atomic mass is 10.1. The van der Waals surface area contributed by atoms with Gasteiger partial charge in [0.05, 0.1) is 0 Å². The maximum atomic E-state index is 13.1. The average molecular weight is 397 g/mol. The lowest BCUT2D eigenvalue weighted by Gasteiger charge is -2.30. The highest BCUT2D eigenvalue weighted by molar-refractivity contribution is 5.88. The molecule has 0 fully saturated rings. The monoisotopic (exact) mass is 396 g/mol. The summed E-state index contributed by atoms with van der Waals surface area (Å²) >= 11 is 0. The van der Waals surface area contributed by atoms with Gasteiger partial charge >= 0.3 is 0 Å². The van der Waals surface area contributed by atoms with E-state index in [2.05, 4.69) is 5.32 Å². The molecule has 2 aromatic carbocycles. The standard InChI is InChI=1S/C24H32N2O3/c1-6-22(24(28)25-7-2)26(15-20-11-8-17(3)9-12-20)23(27)16-29-21-13-10-18(4)19(5)14-21/h8-14,22H,6-7,15-16H2,1-5H3,(H,25,28)/t22-/m1/s1. The molecule has 0 aliphatic rings. The Hall–Kier alpha value is -2.82. The number of ether oxygens (including phenoxy) is 1. The van der Waals surface area contributed by atoms with Gasteiger partial charge in [-0.1, -0.05) is 42.8 Å². The molecule has 1 atom stereocenters. The molecular weight excluding hydrogens is 364 g/mol. The minimum atomic E-state index is -0.535. The van der Waals surface area contributed by atoms with Crippen LogP contribution in [0.5, 0.6) is 5.75 Å². The second-order valence-electron chi connectivity index (χ2n) is 7.36. The Morgan fingerprint density at radius 1 is 1.00 bits per heavy atom. The van der Waals surface area contributed by atoms with E-state index in [1.165, 1.54) is 5.56 Å². The highest BCUT2D eigenvalue weighted by Gasteiger charge is 2.28. The number of nitrogens with zero attached hydrogens (tertiary/aromatic N) is 1. The second-order valence-corrected chi connectivity index (χ2v) is 7.36. The number of rotatable bonds is 9. The number of benzene rings is 2. The van der Waals surface area contributed by atoms with Crippen LogP contribution in [0.3, 0.4) is 0 Å². The van der Waals surface area contributed by atoms with Crippen molar-refractivity contribution in [2.45, 2.75) is 53.6 Å². The molecule has 156 valence electrons. The zero-order valence-electron chi connectivity index (χ0n) is 18.1. The molecule has 0 aliphatic carbocycles. The zero-order chi connectivity index (χ0) is 21.4. The lowest BCUT2D eigenvalue weighted by Crippen LogP contribution is -2.50. The SMILES string of the molecule is CCNC(=O)[C@@H](CC)N(Cc1ccc(C)cc1)C(=O)COc1ccc(C)c(C)c1. The van der Waals surface area contributed by atoms with Crippen molar-refractivity contribution in [3.8, 4) is 5.75 Å². The van der Waals surface area contributed by atoms with Gasteiger partial charge in [-0.2, -0.15) is 0 Å². The van der Waals surface area contributed by atoms with Crippen molar-refractivity contribution in [1.29, 1.82) is 0 Å². The maximum absolute atomic E-state index is 13.1. The molecule has 0 unspecified atom stereocenters. The van der Waals surface area contributed by atoms with Gasteiger partial charge in [-0.25, -0.2) is 0 Å². The first-order chi connectivity index (χ1) is 13.8. The molecule has 2 rings (SSSR count). The smallest absolute Gasteiger partial charge is 0.261 e. The van der Waals surface area contributed by atoms with Gasteiger partial charge in [0.15, 0.2) is 6.61 Å². The second kappa shape index (κ2) is 10.6. The predicted molar refractivity (Wildman–Crippen MR) is 116 cm³/mol. The zero-order valence-corrected chi connectivity index (χ0v) is 18.1. The molecule has 0 saturated heterocycles. The maximum Gasteiger partial charge on any atom is 0.261 e. The summed E-state index contributed by atoms with van der Waals surface area (Å²) in [5, 5.41) is 2.84. The summed E-state index contributed by atoms with van der Waals surface area (Å²) in [7, 11) is 0. The van der Waals surface area contributed by atoms with E-state index >= 15 is 0 Å². The van der Waals surface area contributed by atoms with Crippen LogP contribution in [-0.4, -0.2) is 35.9 Å². The van der Waals surface area contributed by atoms with E-state index in [-0.39, 0.29) is 18.4 Å². The van der Waals surface area contributed by atoms with Gasteiger partial charge in [0, 0.05) is 13.1 Å². The van der Waals surface area contributed by atoms with Crippen molar-refractivity contribution < 1.29 is 14.3 Å². The van der Waals surface area contributed by atoms with Crippen LogP contribution < -0.4 is 10.1 Å². The Kier molecular flexibility index (Phi) is 8.25. The topological polar surface area (TPSA) is 58.6 Å². The van der Waals surface area contributed by atoms with Crippen molar-refractivity contribution in [2.75, 3.05) is 13.2 Å². The third kappa shape index (κ3) is 6.34. The van der Waals surface area contributed by atoms with Gasteiger partial charge in [-0.3, -0.25) is 9.59 Å². The van der Waals surface area contributed by atoms with E-state index in [4.69, 9.17) is 4.74 Å². The molecule has 0 radical (unpaired) electrons. The summed E-state index contributed by atoms with van der Waals surface area (Å²) in [6.45, 7) is 10.6. The molecule has 2 aromatic rings. The Labute approximate surface area is 174 Å². The van der Waals surface area contributed by atoms with Crippen molar-refractivity contribution >= 4 is 11.8 Å². The minimum Gasteiger partial charge on any atom is -0.484 e. The molecule has 0 aliphatic heterocycles. The van der Waals surface area contributed by atoms with Gasteiger partial charge in [0.1, 0.15) is 11.8 Å². The van der Waals surface area contributed by atoms with Gasteiger partial charge in [0.2, 0.25) is 5.91 Å². The molecule has 2 amide bonds. The lowest BCUT2D eigenvalue weighted by molar-refractivity contribution is -0.142. The van der Waals surface area contributed by atoms with Gasteiger partial charge in [-0.05, 0) is 62.9 Å². The summed E-state index contributed by atoms with van der Waals surface area (Å²) in [5.41, 5.74) is 4.42. The highest BCUT2D eigenvalue weighted by Crippen LogP contribution is 2.18. The molecule has 0 bridgehead atoms. The van der Waals surface area contributed by atoms with Crippen LogP contribution in [0.25, 0.3) is 0 Å². The van der Waals surface area contributed by atoms with Gasteiger partial charge < -0.3 is 15.0 Å². The van der Waals surface area contributed by atoms with E-state index < -0.39 is 6.04 Å².